The van der Waals surface area contributed by atoms with Gasteiger partial charge in [0.1, 0.15) is 11.2 Å². The Morgan fingerprint density at radius 3 is 1.59 bits per heavy atom. The lowest BCUT2D eigenvalue weighted by Crippen LogP contribution is -2.14. The van der Waals surface area contributed by atoms with Gasteiger partial charge in [0.05, 0.1) is 11.4 Å². The number of rotatable bonds is 7. The summed E-state index contributed by atoms with van der Waals surface area (Å²) in [4.78, 5) is 10.6. The Labute approximate surface area is 373 Å². The monoisotopic (exact) mass is 818 g/mol. The zero-order valence-corrected chi connectivity index (χ0v) is 35.6. The van der Waals surface area contributed by atoms with Gasteiger partial charge >= 0.3 is 0 Å². The fraction of sp³-hybridized carbons (Fsp3) is 0.0492. The van der Waals surface area contributed by atoms with Crippen LogP contribution in [0, 0.1) is 0 Å². The van der Waals surface area contributed by atoms with E-state index in [2.05, 4.69) is 202 Å². The van der Waals surface area contributed by atoms with Crippen molar-refractivity contribution in [1.82, 2.24) is 9.97 Å². The van der Waals surface area contributed by atoms with Gasteiger partial charge in [0.15, 0.2) is 5.82 Å². The van der Waals surface area contributed by atoms with E-state index in [1.165, 1.54) is 33.4 Å². The molecule has 1 aliphatic carbocycles. The van der Waals surface area contributed by atoms with Gasteiger partial charge in [0, 0.05) is 32.9 Å². The van der Waals surface area contributed by atoms with Crippen LogP contribution < -0.4 is 0 Å². The highest BCUT2D eigenvalue weighted by atomic mass is 16.3. The van der Waals surface area contributed by atoms with Crippen LogP contribution in [0.15, 0.2) is 223 Å². The van der Waals surface area contributed by atoms with Gasteiger partial charge in [-0.05, 0) is 127 Å². The van der Waals surface area contributed by atoms with E-state index in [4.69, 9.17) is 14.4 Å². The summed E-state index contributed by atoms with van der Waals surface area (Å²) in [5, 5.41) is 2.20. The molecule has 0 N–H and O–H groups in total. The van der Waals surface area contributed by atoms with E-state index in [9.17, 15) is 0 Å². The van der Waals surface area contributed by atoms with E-state index in [1.807, 2.05) is 30.3 Å². The van der Waals surface area contributed by atoms with Crippen LogP contribution in [0.1, 0.15) is 25.0 Å². The average Bonchev–Trinajstić information content (AvgIpc) is 3.85. The van der Waals surface area contributed by atoms with E-state index in [-0.39, 0.29) is 5.41 Å². The van der Waals surface area contributed by atoms with E-state index >= 15 is 0 Å². The van der Waals surface area contributed by atoms with Crippen molar-refractivity contribution in [3.63, 3.8) is 0 Å². The van der Waals surface area contributed by atoms with Gasteiger partial charge in [-0.1, -0.05) is 172 Å². The van der Waals surface area contributed by atoms with Gasteiger partial charge in [-0.15, -0.1) is 0 Å². The second-order valence-corrected chi connectivity index (χ2v) is 17.4. The van der Waals surface area contributed by atoms with Crippen LogP contribution in [0.25, 0.3) is 111 Å². The number of aromatic nitrogens is 2. The summed E-state index contributed by atoms with van der Waals surface area (Å²) in [6, 6.07) is 78.1. The number of fused-ring (bicyclic) bond motifs is 6. The Hall–Kier alpha value is -8.14. The zero-order chi connectivity index (χ0) is 42.8. The fourth-order valence-electron chi connectivity index (χ4n) is 9.72. The molecular formula is C61H42N2O. The molecule has 0 atom stereocenters. The molecule has 0 saturated carbocycles. The molecule has 2 heterocycles. The molecule has 0 fully saturated rings. The second-order valence-electron chi connectivity index (χ2n) is 17.4. The maximum atomic E-state index is 6.27. The van der Waals surface area contributed by atoms with Gasteiger partial charge in [-0.3, -0.25) is 0 Å². The van der Waals surface area contributed by atoms with Gasteiger partial charge in [-0.2, -0.15) is 0 Å². The van der Waals surface area contributed by atoms with Crippen LogP contribution in [0.5, 0.6) is 0 Å². The van der Waals surface area contributed by atoms with Crippen molar-refractivity contribution < 1.29 is 4.42 Å². The van der Waals surface area contributed by atoms with Crippen molar-refractivity contribution in [2.75, 3.05) is 0 Å². The van der Waals surface area contributed by atoms with E-state index < -0.39 is 0 Å². The predicted molar refractivity (Wildman–Crippen MR) is 265 cm³/mol. The number of nitrogens with zero attached hydrogens (tertiary/aromatic N) is 2. The number of benzene rings is 9. The molecule has 0 bridgehead atoms. The summed E-state index contributed by atoms with van der Waals surface area (Å²) >= 11 is 0. The number of para-hydroxylation sites is 1. The Balaban J connectivity index is 1.03. The third-order valence-electron chi connectivity index (χ3n) is 13.1. The third-order valence-corrected chi connectivity index (χ3v) is 13.1. The number of furan rings is 1. The van der Waals surface area contributed by atoms with Crippen LogP contribution in [0.4, 0.5) is 0 Å². The fourth-order valence-corrected chi connectivity index (χ4v) is 9.72. The molecule has 11 aromatic rings. The summed E-state index contributed by atoms with van der Waals surface area (Å²) in [6.45, 7) is 4.69. The Morgan fingerprint density at radius 2 is 0.812 bits per heavy atom. The Morgan fingerprint density at radius 1 is 0.312 bits per heavy atom. The Bertz CT molecular complexity index is 3580. The molecule has 9 aromatic carbocycles. The lowest BCUT2D eigenvalue weighted by molar-refractivity contribution is 0.660. The lowest BCUT2D eigenvalue weighted by Gasteiger charge is -2.22. The maximum Gasteiger partial charge on any atom is 0.160 e. The third kappa shape index (κ3) is 6.53. The predicted octanol–water partition coefficient (Wildman–Crippen LogP) is 16.4. The van der Waals surface area contributed by atoms with Crippen molar-refractivity contribution in [2.24, 2.45) is 0 Å². The second kappa shape index (κ2) is 15.0. The quantitative estimate of drug-likeness (QED) is 0.161. The molecule has 12 rings (SSSR count). The van der Waals surface area contributed by atoms with Crippen molar-refractivity contribution in [3.8, 4) is 89.5 Å². The molecule has 0 spiro atoms. The summed E-state index contributed by atoms with van der Waals surface area (Å²) in [5.74, 6) is 0.681. The molecule has 3 heteroatoms. The first kappa shape index (κ1) is 37.6. The summed E-state index contributed by atoms with van der Waals surface area (Å²) in [6.07, 6.45) is 0. The van der Waals surface area contributed by atoms with Crippen LogP contribution in [-0.2, 0) is 5.41 Å². The largest absolute Gasteiger partial charge is 0.456 e. The molecular weight excluding hydrogens is 777 g/mol. The first-order valence-corrected chi connectivity index (χ1v) is 22.0. The highest BCUT2D eigenvalue weighted by Crippen LogP contribution is 2.50. The molecule has 1 aliphatic rings. The normalized spacial score (nSPS) is 12.7. The van der Waals surface area contributed by atoms with Gasteiger partial charge in [-0.25, -0.2) is 9.97 Å². The average molecular weight is 819 g/mol. The molecule has 0 saturated heterocycles. The highest BCUT2D eigenvalue weighted by Gasteiger charge is 2.35. The standard InChI is InChI=1S/C61H42N2O/c1-61(2)54-25-11-9-23-50(54)51-29-27-45(37-55(51)61)42-20-13-21-43(31-42)47-33-48(44-28-30-59-53(36-44)52-24-10-12-26-58(52)64-59)35-49(34-47)57-38-56(62-60(63-57)40-17-7-4-8-18-40)46-22-14-19-41(32-46)39-15-5-3-6-16-39/h3-38H,1-2H3. The molecule has 0 radical (unpaired) electrons. The molecule has 3 nitrogen and oxygen atoms in total. The van der Waals surface area contributed by atoms with Crippen LogP contribution in [0.3, 0.4) is 0 Å². The van der Waals surface area contributed by atoms with Crippen molar-refractivity contribution in [2.45, 2.75) is 19.3 Å². The minimum Gasteiger partial charge on any atom is -0.456 e. The molecule has 64 heavy (non-hydrogen) atoms. The van der Waals surface area contributed by atoms with Crippen LogP contribution in [0.2, 0.25) is 0 Å². The molecule has 0 amide bonds. The highest BCUT2D eigenvalue weighted by molar-refractivity contribution is 6.06. The summed E-state index contributed by atoms with van der Waals surface area (Å²) < 4.78 is 6.27. The number of hydrogen-bond acceptors (Lipinski definition) is 3. The molecule has 2 aromatic heterocycles. The number of hydrogen-bond donors (Lipinski definition) is 0. The van der Waals surface area contributed by atoms with Crippen molar-refractivity contribution >= 4 is 21.9 Å². The van der Waals surface area contributed by atoms with E-state index in [0.29, 0.717) is 5.82 Å². The van der Waals surface area contributed by atoms with E-state index in [0.717, 1.165) is 83.4 Å². The Kier molecular flexibility index (Phi) is 8.84. The minimum absolute atomic E-state index is 0.0813. The van der Waals surface area contributed by atoms with Crippen molar-refractivity contribution in [1.29, 1.82) is 0 Å². The van der Waals surface area contributed by atoms with Gasteiger partial charge in [0.25, 0.3) is 0 Å². The topological polar surface area (TPSA) is 38.9 Å². The smallest absolute Gasteiger partial charge is 0.160 e. The van der Waals surface area contributed by atoms with Gasteiger partial charge in [0.2, 0.25) is 0 Å². The SMILES string of the molecule is CC1(C)c2ccccc2-c2ccc(-c3cccc(-c4cc(-c5ccc6oc7ccccc7c6c5)cc(-c5cc(-c6cccc(-c7ccccc7)c6)nc(-c6ccccc6)n5)c4)c3)cc21. The van der Waals surface area contributed by atoms with Gasteiger partial charge < -0.3 is 4.42 Å². The van der Waals surface area contributed by atoms with Crippen molar-refractivity contribution in [3.05, 3.63) is 230 Å². The lowest BCUT2D eigenvalue weighted by atomic mass is 9.81. The molecule has 0 unspecified atom stereocenters. The molecule has 0 aliphatic heterocycles. The zero-order valence-electron chi connectivity index (χ0n) is 35.6. The summed E-state index contributed by atoms with van der Waals surface area (Å²) in [5.41, 5.74) is 20.9. The summed E-state index contributed by atoms with van der Waals surface area (Å²) in [7, 11) is 0. The maximum absolute atomic E-state index is 6.27. The van der Waals surface area contributed by atoms with E-state index in [1.54, 1.807) is 0 Å². The minimum atomic E-state index is -0.0813. The van der Waals surface area contributed by atoms with Crippen LogP contribution >= 0.6 is 0 Å². The van der Waals surface area contributed by atoms with Crippen LogP contribution in [-0.4, -0.2) is 9.97 Å². The molecule has 302 valence electrons. The first-order chi connectivity index (χ1) is 31.4. The first-order valence-electron chi connectivity index (χ1n) is 22.0.